The highest BCUT2D eigenvalue weighted by Crippen LogP contribution is 2.58. The molecule has 2 heterocycles. The number of aromatic nitrogens is 2. The van der Waals surface area contributed by atoms with Gasteiger partial charge in [-0.2, -0.15) is 0 Å². The lowest BCUT2D eigenvalue weighted by atomic mass is 10.2. The number of thiazole rings is 2. The van der Waals surface area contributed by atoms with Crippen LogP contribution in [0.3, 0.4) is 0 Å². The Morgan fingerprint density at radius 2 is 1.26 bits per heavy atom. The largest absolute Gasteiger partial charge is 1.00 e. The van der Waals surface area contributed by atoms with Crippen LogP contribution >= 0.6 is 29.9 Å². The van der Waals surface area contributed by atoms with E-state index in [-0.39, 0.29) is 34.9 Å². The molecule has 1 atom stereocenters. The molecule has 5 rings (SSSR count). The zero-order valence-electron chi connectivity index (χ0n) is 25.3. The van der Waals surface area contributed by atoms with Gasteiger partial charge in [0, 0.05) is 23.3 Å². The number of benzene rings is 3. The van der Waals surface area contributed by atoms with Gasteiger partial charge in [-0.25, -0.2) is 9.97 Å². The Labute approximate surface area is 278 Å². The Balaban J connectivity index is 0.00000405. The molecule has 0 saturated heterocycles. The fourth-order valence-electron chi connectivity index (χ4n) is 4.74. The van der Waals surface area contributed by atoms with Gasteiger partial charge in [-0.1, -0.05) is 82.3 Å². The molecule has 0 N–H and O–H groups in total. The van der Waals surface area contributed by atoms with Crippen molar-refractivity contribution in [2.45, 2.75) is 57.9 Å². The number of hydrogen-bond donors (Lipinski definition) is 0. The van der Waals surface area contributed by atoms with Crippen LogP contribution in [0, 0.1) is 0 Å². The maximum Gasteiger partial charge on any atom is 0.192 e. The van der Waals surface area contributed by atoms with Crippen molar-refractivity contribution >= 4 is 54.2 Å². The summed E-state index contributed by atoms with van der Waals surface area (Å²) in [4.78, 5) is 10.2. The first-order valence-corrected chi connectivity index (χ1v) is 20.8. The standard InChI is InChI=1S/C34H40N2OPS2Si.HI/c1-26(22-37-41(5,6)34(2,3)4)32-36-31(25-40-32)33-35-27(24-39-33)23-38(28-16-10-7-11-17-28,29-18-12-8-13-19-29)30-20-14-9-15-21-30;/h7-21,24-26H,22-23H2,1-6H3;1H/q+1;/p-1/t26-;/m1./s1. The predicted molar refractivity (Wildman–Crippen MR) is 184 cm³/mol. The average molecular weight is 743 g/mol. The van der Waals surface area contributed by atoms with E-state index in [4.69, 9.17) is 14.4 Å². The summed E-state index contributed by atoms with van der Waals surface area (Å²) < 4.78 is 6.51. The third kappa shape index (κ3) is 7.14. The molecule has 0 aliphatic heterocycles. The summed E-state index contributed by atoms with van der Waals surface area (Å²) in [6.07, 6.45) is 0.870. The molecular weight excluding hydrogens is 702 g/mol. The van der Waals surface area contributed by atoms with E-state index in [0.717, 1.165) is 27.6 Å². The van der Waals surface area contributed by atoms with Crippen molar-refractivity contribution in [2.75, 3.05) is 6.61 Å². The van der Waals surface area contributed by atoms with Crippen LogP contribution in [0.25, 0.3) is 10.7 Å². The Kier molecular flexibility index (Phi) is 11.0. The van der Waals surface area contributed by atoms with Crippen LogP contribution < -0.4 is 39.9 Å². The molecule has 0 saturated carbocycles. The summed E-state index contributed by atoms with van der Waals surface area (Å²) in [5.74, 6) is 0.259. The summed E-state index contributed by atoms with van der Waals surface area (Å²) in [6.45, 7) is 14.4. The van der Waals surface area contributed by atoms with E-state index >= 15 is 0 Å². The van der Waals surface area contributed by atoms with Crippen molar-refractivity contribution < 1.29 is 28.4 Å². The van der Waals surface area contributed by atoms with Crippen molar-refractivity contribution in [1.29, 1.82) is 0 Å². The molecule has 0 bridgehead atoms. The highest BCUT2D eigenvalue weighted by Gasteiger charge is 2.46. The van der Waals surface area contributed by atoms with Gasteiger partial charge in [-0.05, 0) is 54.5 Å². The number of hydrogen-bond acceptors (Lipinski definition) is 5. The lowest BCUT2D eigenvalue weighted by Crippen LogP contribution is -3.00. The van der Waals surface area contributed by atoms with Crippen molar-refractivity contribution in [3.63, 3.8) is 0 Å². The molecule has 0 fully saturated rings. The van der Waals surface area contributed by atoms with Gasteiger partial charge in [-0.15, -0.1) is 22.7 Å². The van der Waals surface area contributed by atoms with Crippen LogP contribution in [0.5, 0.6) is 0 Å². The summed E-state index contributed by atoms with van der Waals surface area (Å²) in [5, 5.41) is 10.8. The highest BCUT2D eigenvalue weighted by atomic mass is 127. The van der Waals surface area contributed by atoms with Crippen LogP contribution in [0.2, 0.25) is 18.1 Å². The number of rotatable bonds is 10. The van der Waals surface area contributed by atoms with E-state index in [0.29, 0.717) is 6.61 Å². The molecule has 0 unspecified atom stereocenters. The summed E-state index contributed by atoms with van der Waals surface area (Å²) >= 11 is 3.42. The fraction of sp³-hybridized carbons (Fsp3) is 0.294. The van der Waals surface area contributed by atoms with Crippen LogP contribution in [0.15, 0.2) is 102 Å². The van der Waals surface area contributed by atoms with E-state index in [1.807, 2.05) is 0 Å². The lowest BCUT2D eigenvalue weighted by molar-refractivity contribution is -0.00000930. The Hall–Kier alpha value is -1.74. The van der Waals surface area contributed by atoms with Gasteiger partial charge in [0.15, 0.2) is 8.32 Å². The van der Waals surface area contributed by atoms with Gasteiger partial charge >= 0.3 is 0 Å². The normalized spacial score (nSPS) is 13.0. The van der Waals surface area contributed by atoms with Crippen molar-refractivity contribution in [2.24, 2.45) is 0 Å². The molecule has 0 aliphatic carbocycles. The monoisotopic (exact) mass is 742 g/mol. The van der Waals surface area contributed by atoms with Gasteiger partial charge in [0.1, 0.15) is 40.0 Å². The Bertz CT molecular complexity index is 1460. The molecule has 0 amide bonds. The summed E-state index contributed by atoms with van der Waals surface area (Å²) in [6, 6.07) is 33.0. The Morgan fingerprint density at radius 1 is 0.762 bits per heavy atom. The number of halogens is 1. The third-order valence-electron chi connectivity index (χ3n) is 8.20. The molecule has 0 aliphatic rings. The minimum atomic E-state index is -1.99. The minimum Gasteiger partial charge on any atom is -1.00 e. The molecule has 220 valence electrons. The van der Waals surface area contributed by atoms with E-state index < -0.39 is 15.6 Å². The molecule has 3 nitrogen and oxygen atoms in total. The van der Waals surface area contributed by atoms with Crippen LogP contribution in [-0.2, 0) is 10.6 Å². The van der Waals surface area contributed by atoms with E-state index in [1.54, 1.807) is 22.7 Å². The SMILES string of the molecule is C[C@H](CO[Si](C)(C)C(C)(C)C)c1nc(-c2nc(C[P+](c3ccccc3)(c3ccccc3)c3ccccc3)cs2)cs1.[I-]. The highest BCUT2D eigenvalue weighted by molar-refractivity contribution is 7.95. The second-order valence-electron chi connectivity index (χ2n) is 12.2. The molecule has 5 aromatic rings. The second-order valence-corrected chi connectivity index (χ2v) is 22.2. The fourth-order valence-corrected chi connectivity index (χ4v) is 11.8. The quantitative estimate of drug-likeness (QED) is 0.102. The first-order chi connectivity index (χ1) is 19.6. The van der Waals surface area contributed by atoms with Crippen molar-refractivity contribution in [1.82, 2.24) is 9.97 Å². The van der Waals surface area contributed by atoms with Crippen molar-refractivity contribution in [3.8, 4) is 10.7 Å². The van der Waals surface area contributed by atoms with Gasteiger partial charge in [0.2, 0.25) is 0 Å². The lowest BCUT2D eigenvalue weighted by Gasteiger charge is -2.36. The second kappa shape index (κ2) is 13.9. The van der Waals surface area contributed by atoms with Crippen LogP contribution in [0.1, 0.15) is 44.3 Å². The third-order valence-corrected chi connectivity index (χ3v) is 19.0. The molecular formula is C34H40IN2OPS2Si. The van der Waals surface area contributed by atoms with Crippen LogP contribution in [0.4, 0.5) is 0 Å². The number of nitrogens with zero attached hydrogens (tertiary/aromatic N) is 2. The minimum absolute atomic E-state index is 0. The molecule has 42 heavy (non-hydrogen) atoms. The molecule has 0 radical (unpaired) electrons. The first kappa shape index (κ1) is 33.2. The van der Waals surface area contributed by atoms with Gasteiger partial charge in [0.05, 0.1) is 10.7 Å². The molecule has 3 aromatic carbocycles. The summed E-state index contributed by atoms with van der Waals surface area (Å²) in [5.41, 5.74) is 2.10. The van der Waals surface area contributed by atoms with E-state index in [2.05, 4.69) is 143 Å². The zero-order chi connectivity index (χ0) is 29.1. The van der Waals surface area contributed by atoms with Gasteiger partial charge < -0.3 is 28.4 Å². The molecule has 8 heteroatoms. The predicted octanol–water partition coefficient (Wildman–Crippen LogP) is 5.89. The van der Waals surface area contributed by atoms with E-state index in [9.17, 15) is 0 Å². The topological polar surface area (TPSA) is 35.0 Å². The summed E-state index contributed by atoms with van der Waals surface area (Å²) in [7, 11) is -3.78. The van der Waals surface area contributed by atoms with Gasteiger partial charge in [0.25, 0.3) is 0 Å². The van der Waals surface area contributed by atoms with Crippen molar-refractivity contribution in [3.05, 3.63) is 112 Å². The molecule has 0 spiro atoms. The maximum absolute atomic E-state index is 6.51. The average Bonchev–Trinajstić information content (AvgIpc) is 3.66. The maximum atomic E-state index is 6.51. The van der Waals surface area contributed by atoms with Gasteiger partial charge in [-0.3, -0.25) is 0 Å². The smallest absolute Gasteiger partial charge is 0.192 e. The zero-order valence-corrected chi connectivity index (χ0v) is 30.9. The first-order valence-electron chi connectivity index (χ1n) is 14.2. The Morgan fingerprint density at radius 3 is 1.74 bits per heavy atom. The molecule has 2 aromatic heterocycles. The van der Waals surface area contributed by atoms with Crippen LogP contribution in [-0.4, -0.2) is 24.9 Å². The van der Waals surface area contributed by atoms with E-state index in [1.165, 1.54) is 15.9 Å².